The van der Waals surface area contributed by atoms with E-state index in [4.69, 9.17) is 10.00 Å². The van der Waals surface area contributed by atoms with Crippen molar-refractivity contribution in [1.29, 1.82) is 5.26 Å². The van der Waals surface area contributed by atoms with Crippen molar-refractivity contribution in [3.05, 3.63) is 0 Å². The van der Waals surface area contributed by atoms with Gasteiger partial charge < -0.3 is 4.74 Å². The zero-order chi connectivity index (χ0) is 13.6. The molecule has 0 atom stereocenters. The van der Waals surface area contributed by atoms with E-state index in [-0.39, 0.29) is 5.54 Å². The van der Waals surface area contributed by atoms with Gasteiger partial charge >= 0.3 is 0 Å². The van der Waals surface area contributed by atoms with Gasteiger partial charge in [-0.05, 0) is 19.8 Å². The molecule has 0 spiro atoms. The molecule has 1 aliphatic heterocycles. The van der Waals surface area contributed by atoms with Gasteiger partial charge in [-0.1, -0.05) is 13.8 Å². The van der Waals surface area contributed by atoms with Gasteiger partial charge in [-0.15, -0.1) is 0 Å². The molecular weight excluding hydrogens is 226 g/mol. The zero-order valence-electron chi connectivity index (χ0n) is 12.3. The summed E-state index contributed by atoms with van der Waals surface area (Å²) in [7, 11) is 0. The standard InChI is InChI=1S/C14H27N3O/c1-13(2)11-18-10-9-16-5-7-17(8-6-16)14(3,4)12-15/h13H,5-11H2,1-4H3. The monoisotopic (exact) mass is 253 g/mol. The van der Waals surface area contributed by atoms with Crippen molar-refractivity contribution in [3.63, 3.8) is 0 Å². The fourth-order valence-electron chi connectivity index (χ4n) is 2.11. The molecular formula is C14H27N3O. The summed E-state index contributed by atoms with van der Waals surface area (Å²) < 4.78 is 5.61. The fraction of sp³-hybridized carbons (Fsp3) is 0.929. The first-order chi connectivity index (χ1) is 8.45. The van der Waals surface area contributed by atoms with Gasteiger partial charge in [0, 0.05) is 39.3 Å². The highest BCUT2D eigenvalue weighted by Crippen LogP contribution is 2.15. The summed E-state index contributed by atoms with van der Waals surface area (Å²) in [5.41, 5.74) is -0.333. The summed E-state index contributed by atoms with van der Waals surface area (Å²) in [6.45, 7) is 15.0. The number of nitriles is 1. The van der Waals surface area contributed by atoms with Crippen LogP contribution in [0.4, 0.5) is 0 Å². The summed E-state index contributed by atoms with van der Waals surface area (Å²) in [5, 5.41) is 9.11. The van der Waals surface area contributed by atoms with E-state index in [1.807, 2.05) is 13.8 Å². The predicted octanol–water partition coefficient (Wildman–Crippen LogP) is 1.58. The average molecular weight is 253 g/mol. The third-order valence-electron chi connectivity index (χ3n) is 3.44. The maximum absolute atomic E-state index is 9.11. The minimum atomic E-state index is -0.333. The molecule has 1 rings (SSSR count). The maximum atomic E-state index is 9.11. The molecule has 0 aromatic carbocycles. The summed E-state index contributed by atoms with van der Waals surface area (Å²) in [5.74, 6) is 0.610. The lowest BCUT2D eigenvalue weighted by molar-refractivity contribution is 0.0463. The number of hydrogen-bond donors (Lipinski definition) is 0. The highest BCUT2D eigenvalue weighted by Gasteiger charge is 2.29. The quantitative estimate of drug-likeness (QED) is 0.674. The number of piperazine rings is 1. The molecule has 1 fully saturated rings. The molecule has 0 aliphatic carbocycles. The lowest BCUT2D eigenvalue weighted by atomic mass is 10.0. The van der Waals surface area contributed by atoms with Crippen molar-refractivity contribution in [3.8, 4) is 6.07 Å². The minimum absolute atomic E-state index is 0.333. The van der Waals surface area contributed by atoms with Gasteiger partial charge in [0.15, 0.2) is 0 Å². The van der Waals surface area contributed by atoms with Gasteiger partial charge in [0.25, 0.3) is 0 Å². The third kappa shape index (κ3) is 4.93. The number of nitrogens with zero attached hydrogens (tertiary/aromatic N) is 3. The largest absolute Gasteiger partial charge is 0.380 e. The van der Waals surface area contributed by atoms with Gasteiger partial charge in [-0.25, -0.2) is 0 Å². The molecule has 1 heterocycles. The first-order valence-electron chi connectivity index (χ1n) is 6.92. The van der Waals surface area contributed by atoms with Crippen LogP contribution in [0.5, 0.6) is 0 Å². The highest BCUT2D eigenvalue weighted by molar-refractivity contribution is 5.02. The lowest BCUT2D eigenvalue weighted by Gasteiger charge is -2.40. The van der Waals surface area contributed by atoms with Crippen molar-refractivity contribution in [2.75, 3.05) is 45.9 Å². The Morgan fingerprint density at radius 3 is 2.33 bits per heavy atom. The first-order valence-corrected chi connectivity index (χ1v) is 6.92. The van der Waals surface area contributed by atoms with Crippen LogP contribution in [0.25, 0.3) is 0 Å². The van der Waals surface area contributed by atoms with Gasteiger partial charge in [0.2, 0.25) is 0 Å². The highest BCUT2D eigenvalue weighted by atomic mass is 16.5. The van der Waals surface area contributed by atoms with Crippen molar-refractivity contribution < 1.29 is 4.74 Å². The molecule has 4 heteroatoms. The van der Waals surface area contributed by atoms with Crippen LogP contribution in [0, 0.1) is 17.2 Å². The smallest absolute Gasteiger partial charge is 0.103 e. The molecule has 0 unspecified atom stereocenters. The number of ether oxygens (including phenoxy) is 1. The molecule has 0 bridgehead atoms. The summed E-state index contributed by atoms with van der Waals surface area (Å²) in [6, 6.07) is 2.37. The molecule has 0 aromatic rings. The summed E-state index contributed by atoms with van der Waals surface area (Å²) in [4.78, 5) is 4.68. The topological polar surface area (TPSA) is 39.5 Å². The molecule has 104 valence electrons. The van der Waals surface area contributed by atoms with Crippen LogP contribution in [-0.4, -0.2) is 61.3 Å². The van der Waals surface area contributed by atoms with Crippen LogP contribution in [-0.2, 0) is 4.74 Å². The van der Waals surface area contributed by atoms with E-state index < -0.39 is 0 Å². The second kappa shape index (κ2) is 7.08. The zero-order valence-corrected chi connectivity index (χ0v) is 12.3. The van der Waals surface area contributed by atoms with Crippen LogP contribution < -0.4 is 0 Å². The molecule has 0 saturated carbocycles. The fourth-order valence-corrected chi connectivity index (χ4v) is 2.11. The van der Waals surface area contributed by atoms with Crippen molar-refractivity contribution in [2.24, 2.45) is 5.92 Å². The molecule has 18 heavy (non-hydrogen) atoms. The number of hydrogen-bond acceptors (Lipinski definition) is 4. The van der Waals surface area contributed by atoms with Crippen molar-refractivity contribution in [1.82, 2.24) is 9.80 Å². The Morgan fingerprint density at radius 1 is 1.22 bits per heavy atom. The van der Waals surface area contributed by atoms with E-state index >= 15 is 0 Å². The Labute approximate surface area is 112 Å². The Kier molecular flexibility index (Phi) is 6.07. The lowest BCUT2D eigenvalue weighted by Crippen LogP contribution is -2.54. The van der Waals surface area contributed by atoms with Crippen LogP contribution in [0.3, 0.4) is 0 Å². The minimum Gasteiger partial charge on any atom is -0.380 e. The van der Waals surface area contributed by atoms with E-state index in [0.717, 1.165) is 45.9 Å². The van der Waals surface area contributed by atoms with Gasteiger partial charge in [0.1, 0.15) is 5.54 Å². The molecule has 0 aromatic heterocycles. The van der Waals surface area contributed by atoms with Crippen LogP contribution >= 0.6 is 0 Å². The second-order valence-electron chi connectivity index (χ2n) is 5.97. The van der Waals surface area contributed by atoms with E-state index in [9.17, 15) is 0 Å². The maximum Gasteiger partial charge on any atom is 0.103 e. The van der Waals surface area contributed by atoms with Gasteiger partial charge in [0.05, 0.1) is 12.7 Å². The number of rotatable bonds is 6. The van der Waals surface area contributed by atoms with Crippen LogP contribution in [0.1, 0.15) is 27.7 Å². The summed E-state index contributed by atoms with van der Waals surface area (Å²) in [6.07, 6.45) is 0. The Morgan fingerprint density at radius 2 is 1.83 bits per heavy atom. The van der Waals surface area contributed by atoms with Crippen molar-refractivity contribution in [2.45, 2.75) is 33.2 Å². The Hall–Kier alpha value is -0.630. The molecule has 0 radical (unpaired) electrons. The van der Waals surface area contributed by atoms with Crippen LogP contribution in [0.15, 0.2) is 0 Å². The third-order valence-corrected chi connectivity index (χ3v) is 3.44. The molecule has 0 amide bonds. The SMILES string of the molecule is CC(C)COCCN1CCN(C(C)(C)C#N)CC1. The van der Waals surface area contributed by atoms with E-state index in [2.05, 4.69) is 29.7 Å². The van der Waals surface area contributed by atoms with E-state index in [1.165, 1.54) is 0 Å². The van der Waals surface area contributed by atoms with Gasteiger partial charge in [-0.3, -0.25) is 9.80 Å². The summed E-state index contributed by atoms with van der Waals surface area (Å²) >= 11 is 0. The van der Waals surface area contributed by atoms with Crippen LogP contribution in [0.2, 0.25) is 0 Å². The predicted molar refractivity (Wildman–Crippen MR) is 73.4 cm³/mol. The molecule has 0 N–H and O–H groups in total. The average Bonchev–Trinajstić information content (AvgIpc) is 2.35. The van der Waals surface area contributed by atoms with Gasteiger partial charge in [-0.2, -0.15) is 5.26 Å². The second-order valence-corrected chi connectivity index (χ2v) is 5.97. The Bertz CT molecular complexity index is 275. The van der Waals surface area contributed by atoms with E-state index in [0.29, 0.717) is 5.92 Å². The normalized spacial score (nSPS) is 19.1. The molecule has 4 nitrogen and oxygen atoms in total. The molecule has 1 aliphatic rings. The van der Waals surface area contributed by atoms with Crippen molar-refractivity contribution >= 4 is 0 Å². The molecule has 1 saturated heterocycles. The van der Waals surface area contributed by atoms with E-state index in [1.54, 1.807) is 0 Å². The first kappa shape index (κ1) is 15.4. The Balaban J connectivity index is 2.18.